The van der Waals surface area contributed by atoms with Crippen molar-refractivity contribution in [3.05, 3.63) is 62.3 Å². The Bertz CT molecular complexity index is 740. The summed E-state index contributed by atoms with van der Waals surface area (Å²) in [6.45, 7) is 2.57. The average Bonchev–Trinajstić information content (AvgIpc) is 3.04. The third-order valence-electron chi connectivity index (χ3n) is 4.78. The van der Waals surface area contributed by atoms with E-state index in [0.717, 1.165) is 13.1 Å². The Morgan fingerprint density at radius 3 is 2.65 bits per heavy atom. The molecule has 1 saturated heterocycles. The minimum Gasteiger partial charge on any atom is -0.350 e. The average molecular weight is 373 g/mol. The number of non-ortho nitro benzene ring substituents is 1. The minimum absolute atomic E-state index is 0.0699. The highest BCUT2D eigenvalue weighted by Crippen LogP contribution is 2.25. The molecule has 1 amide bonds. The Balaban J connectivity index is 1.70. The van der Waals surface area contributed by atoms with Crippen molar-refractivity contribution in [2.45, 2.75) is 31.7 Å². The Morgan fingerprint density at radius 1 is 1.23 bits per heavy atom. The van der Waals surface area contributed by atoms with Crippen molar-refractivity contribution in [2.24, 2.45) is 0 Å². The van der Waals surface area contributed by atoms with E-state index in [1.165, 1.54) is 49.4 Å². The summed E-state index contributed by atoms with van der Waals surface area (Å²) in [7, 11) is 0. The van der Waals surface area contributed by atoms with E-state index in [2.05, 4.69) is 27.0 Å². The van der Waals surface area contributed by atoms with Crippen molar-refractivity contribution in [1.82, 2.24) is 10.2 Å². The molecule has 3 rings (SSSR count). The van der Waals surface area contributed by atoms with Crippen LogP contribution in [0, 0.1) is 10.1 Å². The van der Waals surface area contributed by atoms with Gasteiger partial charge in [-0.15, -0.1) is 0 Å². The number of hydrogen-bond donors (Lipinski definition) is 1. The molecule has 0 aliphatic carbocycles. The Hall–Kier alpha value is -2.25. The van der Waals surface area contributed by atoms with Crippen LogP contribution in [0.1, 0.15) is 47.6 Å². The highest BCUT2D eigenvalue weighted by Gasteiger charge is 2.23. The lowest BCUT2D eigenvalue weighted by Gasteiger charge is -2.30. The van der Waals surface area contributed by atoms with Crippen LogP contribution in [0.2, 0.25) is 0 Å². The Kier molecular flexibility index (Phi) is 6.35. The summed E-state index contributed by atoms with van der Waals surface area (Å²) < 4.78 is 0. The number of carbonyl (C=O) groups is 1. The molecule has 6 nitrogen and oxygen atoms in total. The van der Waals surface area contributed by atoms with E-state index in [1.54, 1.807) is 17.4 Å². The zero-order valence-corrected chi connectivity index (χ0v) is 15.4. The van der Waals surface area contributed by atoms with Crippen molar-refractivity contribution < 1.29 is 9.72 Å². The molecule has 1 aliphatic rings. The van der Waals surface area contributed by atoms with Crippen LogP contribution in [0.15, 0.2) is 41.1 Å². The lowest BCUT2D eigenvalue weighted by Crippen LogP contribution is -2.38. The van der Waals surface area contributed by atoms with E-state index in [9.17, 15) is 14.9 Å². The topological polar surface area (TPSA) is 75.5 Å². The number of nitrogens with one attached hydrogen (secondary N) is 1. The predicted octanol–water partition coefficient (Wildman–Crippen LogP) is 4.00. The van der Waals surface area contributed by atoms with Gasteiger partial charge >= 0.3 is 0 Å². The molecule has 2 heterocycles. The minimum atomic E-state index is -0.484. The van der Waals surface area contributed by atoms with Crippen LogP contribution in [-0.2, 0) is 0 Å². The molecule has 0 radical (unpaired) electrons. The predicted molar refractivity (Wildman–Crippen MR) is 103 cm³/mol. The zero-order valence-electron chi connectivity index (χ0n) is 14.6. The number of nitrogens with zero attached hydrogens (tertiary/aromatic N) is 2. The van der Waals surface area contributed by atoms with Gasteiger partial charge in [-0.2, -0.15) is 11.3 Å². The molecule has 0 bridgehead atoms. The second kappa shape index (κ2) is 8.91. The fraction of sp³-hybridized carbons (Fsp3) is 0.421. The monoisotopic (exact) mass is 373 g/mol. The molecule has 1 fully saturated rings. The van der Waals surface area contributed by atoms with Gasteiger partial charge in [-0.25, -0.2) is 0 Å². The third kappa shape index (κ3) is 4.68. The molecule has 1 aromatic carbocycles. The second-order valence-corrected chi connectivity index (χ2v) is 7.32. The molecular weight excluding hydrogens is 350 g/mol. The summed E-state index contributed by atoms with van der Waals surface area (Å²) in [5.74, 6) is -0.274. The van der Waals surface area contributed by atoms with Crippen molar-refractivity contribution in [3.63, 3.8) is 0 Å². The van der Waals surface area contributed by atoms with Crippen LogP contribution >= 0.6 is 11.3 Å². The van der Waals surface area contributed by atoms with Gasteiger partial charge in [-0.05, 0) is 54.4 Å². The van der Waals surface area contributed by atoms with E-state index in [0.29, 0.717) is 12.1 Å². The maximum Gasteiger partial charge on any atom is 0.270 e. The molecule has 7 heteroatoms. The number of amides is 1. The number of rotatable bonds is 6. The molecule has 26 heavy (non-hydrogen) atoms. The second-order valence-electron chi connectivity index (χ2n) is 6.54. The van der Waals surface area contributed by atoms with Gasteiger partial charge in [0.25, 0.3) is 11.6 Å². The smallest absolute Gasteiger partial charge is 0.270 e. The van der Waals surface area contributed by atoms with Gasteiger partial charge in [0.15, 0.2) is 0 Å². The summed E-state index contributed by atoms with van der Waals surface area (Å²) >= 11 is 1.66. The van der Waals surface area contributed by atoms with Crippen molar-refractivity contribution >= 4 is 22.9 Å². The number of carbonyl (C=O) groups excluding carboxylic acids is 1. The Morgan fingerprint density at radius 2 is 2.00 bits per heavy atom. The van der Waals surface area contributed by atoms with E-state index >= 15 is 0 Å². The quantitative estimate of drug-likeness (QED) is 0.613. The van der Waals surface area contributed by atoms with Crippen molar-refractivity contribution in [3.8, 4) is 0 Å². The maximum atomic E-state index is 12.5. The van der Waals surface area contributed by atoms with Crippen LogP contribution < -0.4 is 5.32 Å². The standard InChI is InChI=1S/C19H23N3O3S/c23-19(15-6-5-7-17(12-15)22(24)25)20-13-18(16-8-11-26-14-16)21-9-3-1-2-4-10-21/h5-8,11-12,14,18H,1-4,9-10,13H2,(H,20,23). The van der Waals surface area contributed by atoms with Crippen LogP contribution in [0.5, 0.6) is 0 Å². The molecule has 2 aromatic rings. The molecule has 138 valence electrons. The summed E-state index contributed by atoms with van der Waals surface area (Å²) in [6.07, 6.45) is 4.87. The lowest BCUT2D eigenvalue weighted by molar-refractivity contribution is -0.384. The van der Waals surface area contributed by atoms with Gasteiger partial charge < -0.3 is 5.32 Å². The normalized spacial score (nSPS) is 16.6. The highest BCUT2D eigenvalue weighted by molar-refractivity contribution is 7.07. The number of benzene rings is 1. The van der Waals surface area contributed by atoms with Crippen molar-refractivity contribution in [2.75, 3.05) is 19.6 Å². The number of nitro groups is 1. The van der Waals surface area contributed by atoms with Crippen LogP contribution in [0.4, 0.5) is 5.69 Å². The fourth-order valence-electron chi connectivity index (χ4n) is 3.38. The first-order chi connectivity index (χ1) is 12.6. The largest absolute Gasteiger partial charge is 0.350 e. The van der Waals surface area contributed by atoms with Crippen LogP contribution in [-0.4, -0.2) is 35.4 Å². The molecule has 1 unspecified atom stereocenters. The lowest BCUT2D eigenvalue weighted by atomic mass is 10.1. The van der Waals surface area contributed by atoms with Gasteiger partial charge in [0, 0.05) is 24.2 Å². The maximum absolute atomic E-state index is 12.5. The number of likely N-dealkylation sites (tertiary alicyclic amines) is 1. The Labute approximate surface area is 157 Å². The van der Waals surface area contributed by atoms with E-state index < -0.39 is 4.92 Å². The van der Waals surface area contributed by atoms with Gasteiger partial charge in [0.05, 0.1) is 11.0 Å². The molecular formula is C19H23N3O3S. The van der Waals surface area contributed by atoms with Gasteiger partial charge in [-0.1, -0.05) is 18.9 Å². The summed E-state index contributed by atoms with van der Waals surface area (Å²) in [6, 6.07) is 8.11. The van der Waals surface area contributed by atoms with E-state index in [1.807, 2.05) is 0 Å². The summed E-state index contributed by atoms with van der Waals surface area (Å²) in [4.78, 5) is 25.4. The number of thiophene rings is 1. The van der Waals surface area contributed by atoms with Crippen LogP contribution in [0.3, 0.4) is 0 Å². The molecule has 1 N–H and O–H groups in total. The van der Waals surface area contributed by atoms with Gasteiger partial charge in [0.1, 0.15) is 0 Å². The van der Waals surface area contributed by atoms with E-state index in [4.69, 9.17) is 0 Å². The number of hydrogen-bond acceptors (Lipinski definition) is 5. The zero-order chi connectivity index (χ0) is 18.4. The van der Waals surface area contributed by atoms with Gasteiger partial charge in [0.2, 0.25) is 0 Å². The number of nitro benzene ring substituents is 1. The molecule has 1 aromatic heterocycles. The molecule has 0 spiro atoms. The van der Waals surface area contributed by atoms with Crippen molar-refractivity contribution in [1.29, 1.82) is 0 Å². The highest BCUT2D eigenvalue weighted by atomic mass is 32.1. The molecule has 1 atom stereocenters. The first kappa shape index (κ1) is 18.5. The van der Waals surface area contributed by atoms with E-state index in [-0.39, 0.29) is 17.6 Å². The van der Waals surface area contributed by atoms with Gasteiger partial charge in [-0.3, -0.25) is 19.8 Å². The molecule has 0 saturated carbocycles. The first-order valence-corrected chi connectivity index (χ1v) is 9.88. The first-order valence-electron chi connectivity index (χ1n) is 8.94. The summed E-state index contributed by atoms with van der Waals surface area (Å²) in [5.41, 5.74) is 1.47. The van der Waals surface area contributed by atoms with Crippen LogP contribution in [0.25, 0.3) is 0 Å². The fourth-order valence-corrected chi connectivity index (χ4v) is 4.09. The molecule has 1 aliphatic heterocycles. The summed E-state index contributed by atoms with van der Waals surface area (Å²) in [5, 5.41) is 18.1. The third-order valence-corrected chi connectivity index (χ3v) is 5.49. The SMILES string of the molecule is O=C(NCC(c1ccsc1)N1CCCCCC1)c1cccc([N+](=O)[O-])c1.